The summed E-state index contributed by atoms with van der Waals surface area (Å²) in [5.74, 6) is -3.11. The summed E-state index contributed by atoms with van der Waals surface area (Å²) in [6, 6.07) is 0. The van der Waals surface area contributed by atoms with Crippen LogP contribution in [0.2, 0.25) is 0 Å². The van der Waals surface area contributed by atoms with Gasteiger partial charge < -0.3 is 18.9 Å². The molecule has 0 aromatic carbocycles. The second-order valence-electron chi connectivity index (χ2n) is 11.2. The Morgan fingerprint density at radius 3 is 2.19 bits per heavy atom. The number of fused-ring (bicyclic) bond motifs is 2. The van der Waals surface area contributed by atoms with Crippen LogP contribution in [0.15, 0.2) is 11.1 Å². The molecule has 8 atom stereocenters. The Morgan fingerprint density at radius 1 is 1.03 bits per heavy atom. The molecule has 4 rings (SSSR count). The summed E-state index contributed by atoms with van der Waals surface area (Å²) in [6.07, 6.45) is -1.69. The predicted molar refractivity (Wildman–Crippen MR) is 121 cm³/mol. The monoisotopic (exact) mass is 504 g/mol. The molecule has 4 aliphatic rings. The van der Waals surface area contributed by atoms with E-state index in [9.17, 15) is 28.8 Å². The van der Waals surface area contributed by atoms with E-state index in [0.717, 1.165) is 0 Å². The van der Waals surface area contributed by atoms with Crippen LogP contribution in [-0.2, 0) is 47.7 Å². The lowest BCUT2D eigenvalue weighted by Crippen LogP contribution is -2.65. The maximum absolute atomic E-state index is 14.2. The Balaban J connectivity index is 2.00. The average Bonchev–Trinajstić information content (AvgIpc) is 3.46. The highest BCUT2D eigenvalue weighted by Gasteiger charge is 2.74. The topological polar surface area (TPSA) is 139 Å². The molecule has 1 spiro atoms. The van der Waals surface area contributed by atoms with Crippen LogP contribution in [0, 0.1) is 28.1 Å². The van der Waals surface area contributed by atoms with Crippen LogP contribution in [0.5, 0.6) is 0 Å². The molecular weight excluding hydrogens is 472 g/mol. The Labute approximate surface area is 209 Å². The van der Waals surface area contributed by atoms with Crippen molar-refractivity contribution in [2.45, 2.75) is 78.6 Å². The molecule has 4 aliphatic carbocycles. The molecule has 0 aromatic rings. The first-order valence-corrected chi connectivity index (χ1v) is 12.2. The standard InChI is InChI=1S/C26H32O10/c1-13-9-26(13)22(32)16-17(18(31)23(26)36-15(3)30)25(5)8-6-7-24(4,10-33-11-27)21(25)20(35-14(2)29)19(16)34-12-28/h11-13,19-21,23H,6-10H2,1-5H3/t13-,19-,20+,21-,23-,24+,25+,26+/m0/s1. The van der Waals surface area contributed by atoms with E-state index in [1.54, 1.807) is 6.92 Å². The molecule has 10 nitrogen and oxygen atoms in total. The van der Waals surface area contributed by atoms with E-state index in [1.807, 2.05) is 13.8 Å². The van der Waals surface area contributed by atoms with Gasteiger partial charge in [0.1, 0.15) is 6.10 Å². The number of carbonyl (C=O) groups excluding carboxylic acids is 6. The fraction of sp³-hybridized carbons (Fsp3) is 0.692. The van der Waals surface area contributed by atoms with Crippen molar-refractivity contribution in [1.82, 2.24) is 0 Å². The Hall–Kier alpha value is -3.04. The second-order valence-corrected chi connectivity index (χ2v) is 11.2. The first-order chi connectivity index (χ1) is 16.9. The Morgan fingerprint density at radius 2 is 1.67 bits per heavy atom. The number of ketones is 2. The van der Waals surface area contributed by atoms with Crippen LogP contribution in [0.4, 0.5) is 0 Å². The van der Waals surface area contributed by atoms with E-state index in [1.165, 1.54) is 13.8 Å². The third-order valence-corrected chi connectivity index (χ3v) is 8.89. The number of esters is 2. The molecule has 36 heavy (non-hydrogen) atoms. The molecule has 0 unspecified atom stereocenters. The van der Waals surface area contributed by atoms with Crippen LogP contribution in [0.25, 0.3) is 0 Å². The van der Waals surface area contributed by atoms with Crippen molar-refractivity contribution >= 4 is 36.4 Å². The minimum absolute atomic E-state index is 0.0189. The molecule has 2 saturated carbocycles. The predicted octanol–water partition coefficient (Wildman–Crippen LogP) is 1.87. The molecular formula is C26H32O10. The number of ether oxygens (including phenoxy) is 4. The maximum Gasteiger partial charge on any atom is 0.303 e. The third-order valence-electron chi connectivity index (χ3n) is 8.89. The van der Waals surface area contributed by atoms with Crippen LogP contribution < -0.4 is 0 Å². The van der Waals surface area contributed by atoms with Crippen molar-refractivity contribution in [3.05, 3.63) is 11.1 Å². The number of rotatable bonds is 7. The molecule has 196 valence electrons. The van der Waals surface area contributed by atoms with E-state index in [-0.39, 0.29) is 30.1 Å². The van der Waals surface area contributed by atoms with Crippen LogP contribution in [-0.4, -0.2) is 61.4 Å². The van der Waals surface area contributed by atoms with Gasteiger partial charge in [0.25, 0.3) is 12.9 Å². The van der Waals surface area contributed by atoms with Gasteiger partial charge in [0.2, 0.25) is 5.78 Å². The van der Waals surface area contributed by atoms with Crippen molar-refractivity contribution in [1.29, 1.82) is 0 Å². The third kappa shape index (κ3) is 3.59. The highest BCUT2D eigenvalue weighted by atomic mass is 16.6. The van der Waals surface area contributed by atoms with Gasteiger partial charge in [-0.3, -0.25) is 28.8 Å². The molecule has 0 aromatic heterocycles. The Bertz CT molecular complexity index is 1060. The van der Waals surface area contributed by atoms with Crippen molar-refractivity contribution in [2.75, 3.05) is 6.61 Å². The lowest BCUT2D eigenvalue weighted by atomic mass is 9.46. The minimum atomic E-state index is -1.33. The largest absolute Gasteiger partial charge is 0.467 e. The Kier molecular flexibility index (Phi) is 6.37. The van der Waals surface area contributed by atoms with Gasteiger partial charge in [-0.25, -0.2) is 0 Å². The van der Waals surface area contributed by atoms with E-state index < -0.39 is 64.0 Å². The van der Waals surface area contributed by atoms with Crippen molar-refractivity contribution in [3.63, 3.8) is 0 Å². The number of Topliss-reactive ketones (excluding diaryl/α,β-unsaturated/α-hetero) is 2. The van der Waals surface area contributed by atoms with E-state index in [0.29, 0.717) is 32.2 Å². The van der Waals surface area contributed by atoms with Crippen LogP contribution in [0.1, 0.15) is 60.3 Å². The van der Waals surface area contributed by atoms with Gasteiger partial charge in [0.05, 0.1) is 12.0 Å². The SMILES string of the molecule is CC(=O)O[C@@H]1[C@@H](OC=O)C2=C(C(=O)[C@H](OC(C)=O)[C@@]3(C[C@@H]3C)C2=O)[C@@]2(C)CCC[C@](C)(COC=O)[C@H]12. The number of carbonyl (C=O) groups is 6. The molecule has 0 radical (unpaired) electrons. The fourth-order valence-electron chi connectivity index (χ4n) is 7.53. The molecule has 0 bridgehead atoms. The lowest BCUT2D eigenvalue weighted by Gasteiger charge is -2.59. The van der Waals surface area contributed by atoms with Gasteiger partial charge in [0, 0.05) is 41.7 Å². The van der Waals surface area contributed by atoms with Gasteiger partial charge in [-0.05, 0) is 25.2 Å². The van der Waals surface area contributed by atoms with Gasteiger partial charge in [-0.1, -0.05) is 27.2 Å². The quantitative estimate of drug-likeness (QED) is 0.287. The van der Waals surface area contributed by atoms with Gasteiger partial charge in [0.15, 0.2) is 18.0 Å². The molecule has 2 fully saturated rings. The molecule has 0 aliphatic heterocycles. The van der Waals surface area contributed by atoms with Gasteiger partial charge in [-0.2, -0.15) is 0 Å². The normalized spacial score (nSPS) is 41.1. The van der Waals surface area contributed by atoms with Crippen molar-refractivity contribution in [2.24, 2.45) is 28.1 Å². The minimum Gasteiger partial charge on any atom is -0.467 e. The summed E-state index contributed by atoms with van der Waals surface area (Å²) >= 11 is 0. The summed E-state index contributed by atoms with van der Waals surface area (Å²) in [5.41, 5.74) is -2.86. The smallest absolute Gasteiger partial charge is 0.303 e. The zero-order valence-electron chi connectivity index (χ0n) is 21.2. The lowest BCUT2D eigenvalue weighted by molar-refractivity contribution is -0.191. The summed E-state index contributed by atoms with van der Waals surface area (Å²) in [5, 5.41) is 0. The highest BCUT2D eigenvalue weighted by Crippen LogP contribution is 2.67. The average molecular weight is 505 g/mol. The van der Waals surface area contributed by atoms with Gasteiger partial charge in [-0.15, -0.1) is 0 Å². The van der Waals surface area contributed by atoms with Crippen LogP contribution >= 0.6 is 0 Å². The summed E-state index contributed by atoms with van der Waals surface area (Å²) in [6.45, 7) is 8.37. The first kappa shape index (κ1) is 26.0. The van der Waals surface area contributed by atoms with Crippen molar-refractivity contribution < 1.29 is 47.7 Å². The number of hydrogen-bond acceptors (Lipinski definition) is 10. The zero-order valence-corrected chi connectivity index (χ0v) is 21.2. The zero-order chi connectivity index (χ0) is 26.6. The molecule has 10 heteroatoms. The van der Waals surface area contributed by atoms with Crippen LogP contribution in [0.3, 0.4) is 0 Å². The maximum atomic E-state index is 14.2. The number of hydrogen-bond donors (Lipinski definition) is 0. The molecule has 0 heterocycles. The van der Waals surface area contributed by atoms with Gasteiger partial charge >= 0.3 is 11.9 Å². The second kappa shape index (κ2) is 8.81. The molecule has 0 N–H and O–H groups in total. The first-order valence-electron chi connectivity index (χ1n) is 12.2. The van der Waals surface area contributed by atoms with E-state index in [4.69, 9.17) is 18.9 Å². The van der Waals surface area contributed by atoms with E-state index in [2.05, 4.69) is 0 Å². The summed E-state index contributed by atoms with van der Waals surface area (Å²) in [4.78, 5) is 75.3. The van der Waals surface area contributed by atoms with E-state index >= 15 is 0 Å². The van der Waals surface area contributed by atoms with Crippen molar-refractivity contribution in [3.8, 4) is 0 Å². The highest BCUT2D eigenvalue weighted by molar-refractivity contribution is 6.20. The molecule has 0 saturated heterocycles. The summed E-state index contributed by atoms with van der Waals surface area (Å²) < 4.78 is 21.9. The summed E-state index contributed by atoms with van der Waals surface area (Å²) in [7, 11) is 0. The fourth-order valence-corrected chi connectivity index (χ4v) is 7.53. The molecule has 0 amide bonds.